The summed E-state index contributed by atoms with van der Waals surface area (Å²) in [4.78, 5) is 22.3. The molecule has 1 saturated heterocycles. The van der Waals surface area contributed by atoms with Crippen LogP contribution in [0.4, 0.5) is 11.4 Å². The average Bonchev–Trinajstić information content (AvgIpc) is 2.41. The van der Waals surface area contributed by atoms with Gasteiger partial charge in [-0.25, -0.2) is 0 Å². The molecule has 2 rings (SSSR count). The molecule has 1 amide bonds. The lowest BCUT2D eigenvalue weighted by Gasteiger charge is -2.23. The van der Waals surface area contributed by atoms with Crippen molar-refractivity contribution < 1.29 is 14.5 Å². The van der Waals surface area contributed by atoms with Gasteiger partial charge in [-0.15, -0.1) is 12.4 Å². The third-order valence-electron chi connectivity index (χ3n) is 2.98. The number of nitrogens with one attached hydrogen (secondary N) is 2. The van der Waals surface area contributed by atoms with Crippen molar-refractivity contribution in [1.29, 1.82) is 0 Å². The van der Waals surface area contributed by atoms with Gasteiger partial charge >= 0.3 is 0 Å². The molecule has 110 valence electrons. The number of hydrogen-bond donors (Lipinski definition) is 2. The molecule has 8 heteroatoms. The van der Waals surface area contributed by atoms with E-state index in [0.717, 1.165) is 6.54 Å². The zero-order valence-corrected chi connectivity index (χ0v) is 11.7. The molecule has 1 unspecified atom stereocenters. The molecule has 0 radical (unpaired) electrons. The van der Waals surface area contributed by atoms with Crippen LogP contribution >= 0.6 is 12.4 Å². The fourth-order valence-electron chi connectivity index (χ4n) is 1.90. The van der Waals surface area contributed by atoms with Crippen molar-refractivity contribution in [2.24, 2.45) is 0 Å². The minimum atomic E-state index is -0.563. The molecular formula is C12H16ClN3O4. The molecule has 0 aliphatic carbocycles. The van der Waals surface area contributed by atoms with Crippen LogP contribution in [0.25, 0.3) is 0 Å². The van der Waals surface area contributed by atoms with Crippen molar-refractivity contribution in [3.8, 4) is 0 Å². The number of hydrogen-bond acceptors (Lipinski definition) is 5. The minimum Gasteiger partial charge on any atom is -0.366 e. The fraction of sp³-hybridized carbons (Fsp3) is 0.417. The van der Waals surface area contributed by atoms with Crippen LogP contribution in [0.1, 0.15) is 5.56 Å². The van der Waals surface area contributed by atoms with Crippen molar-refractivity contribution in [1.82, 2.24) is 5.32 Å². The van der Waals surface area contributed by atoms with Gasteiger partial charge in [0, 0.05) is 19.2 Å². The van der Waals surface area contributed by atoms with E-state index in [1.54, 1.807) is 19.1 Å². The van der Waals surface area contributed by atoms with E-state index in [4.69, 9.17) is 4.74 Å². The number of rotatable bonds is 3. The van der Waals surface area contributed by atoms with E-state index in [9.17, 15) is 14.9 Å². The van der Waals surface area contributed by atoms with Crippen LogP contribution in [0, 0.1) is 17.0 Å². The lowest BCUT2D eigenvalue weighted by Crippen LogP contribution is -2.45. The van der Waals surface area contributed by atoms with Crippen LogP contribution < -0.4 is 10.6 Å². The van der Waals surface area contributed by atoms with Gasteiger partial charge in [0.25, 0.3) is 11.6 Å². The predicted molar refractivity (Wildman–Crippen MR) is 76.3 cm³/mol. The molecule has 0 spiro atoms. The second-order valence-corrected chi connectivity index (χ2v) is 4.26. The first kappa shape index (κ1) is 16.4. The summed E-state index contributed by atoms with van der Waals surface area (Å²) in [5.74, 6) is -0.296. The molecule has 1 aliphatic heterocycles. The fourth-order valence-corrected chi connectivity index (χ4v) is 1.90. The molecule has 20 heavy (non-hydrogen) atoms. The molecule has 2 N–H and O–H groups in total. The van der Waals surface area contributed by atoms with Gasteiger partial charge in [-0.1, -0.05) is 6.07 Å². The van der Waals surface area contributed by atoms with Gasteiger partial charge in [-0.3, -0.25) is 14.9 Å². The molecule has 0 bridgehead atoms. The van der Waals surface area contributed by atoms with Crippen molar-refractivity contribution in [2.75, 3.05) is 25.0 Å². The average molecular weight is 302 g/mol. The van der Waals surface area contributed by atoms with Crippen molar-refractivity contribution in [3.05, 3.63) is 33.9 Å². The summed E-state index contributed by atoms with van der Waals surface area (Å²) in [6, 6.07) is 4.58. The Bertz CT molecular complexity index is 503. The predicted octanol–water partition coefficient (Wildman–Crippen LogP) is 1.25. The van der Waals surface area contributed by atoms with E-state index in [1.165, 1.54) is 6.07 Å². The Morgan fingerprint density at radius 3 is 2.90 bits per heavy atom. The standard InChI is InChI=1S/C12H15N3O4.ClH/c1-8-9(3-2-4-10(8)15(17)18)14-12(16)11-7-13-5-6-19-11;/h2-4,11,13H,5-7H2,1H3,(H,14,16);1H. The summed E-state index contributed by atoms with van der Waals surface area (Å²) in [6.07, 6.45) is -0.563. The van der Waals surface area contributed by atoms with Gasteiger partial charge in [0.05, 0.1) is 22.8 Å². The van der Waals surface area contributed by atoms with Crippen LogP contribution in [0.15, 0.2) is 18.2 Å². The van der Waals surface area contributed by atoms with E-state index >= 15 is 0 Å². The molecule has 0 saturated carbocycles. The van der Waals surface area contributed by atoms with Gasteiger partial charge in [0.2, 0.25) is 0 Å². The number of halogens is 1. The third kappa shape index (κ3) is 3.66. The highest BCUT2D eigenvalue weighted by atomic mass is 35.5. The number of ether oxygens (including phenoxy) is 1. The maximum atomic E-state index is 12.0. The second-order valence-electron chi connectivity index (χ2n) is 4.26. The molecule has 7 nitrogen and oxygen atoms in total. The highest BCUT2D eigenvalue weighted by Crippen LogP contribution is 2.25. The van der Waals surface area contributed by atoms with Gasteiger partial charge in [0.15, 0.2) is 0 Å². The highest BCUT2D eigenvalue weighted by molar-refractivity contribution is 5.95. The summed E-state index contributed by atoms with van der Waals surface area (Å²) >= 11 is 0. The van der Waals surface area contributed by atoms with E-state index in [2.05, 4.69) is 10.6 Å². The summed E-state index contributed by atoms with van der Waals surface area (Å²) in [6.45, 7) is 3.25. The summed E-state index contributed by atoms with van der Waals surface area (Å²) in [5, 5.41) is 16.5. The van der Waals surface area contributed by atoms with E-state index in [0.29, 0.717) is 24.4 Å². The number of carbonyl (C=O) groups is 1. The van der Waals surface area contributed by atoms with E-state index < -0.39 is 11.0 Å². The Balaban J connectivity index is 0.00000200. The smallest absolute Gasteiger partial charge is 0.274 e. The number of nitrogens with zero attached hydrogens (tertiary/aromatic N) is 1. The molecule has 1 atom stereocenters. The molecule has 1 aromatic carbocycles. The molecule has 1 heterocycles. The molecule has 0 aromatic heterocycles. The molecule has 1 fully saturated rings. The Morgan fingerprint density at radius 2 is 2.30 bits per heavy atom. The number of carbonyl (C=O) groups excluding carboxylic acids is 1. The van der Waals surface area contributed by atoms with Crippen LogP contribution in [0.3, 0.4) is 0 Å². The van der Waals surface area contributed by atoms with Crippen LogP contribution in [0.2, 0.25) is 0 Å². The quantitative estimate of drug-likeness (QED) is 0.647. The third-order valence-corrected chi connectivity index (χ3v) is 2.98. The zero-order chi connectivity index (χ0) is 13.8. The van der Waals surface area contributed by atoms with Crippen LogP contribution in [0.5, 0.6) is 0 Å². The number of nitro groups is 1. The molecule has 1 aliphatic rings. The summed E-state index contributed by atoms with van der Waals surface area (Å²) < 4.78 is 5.32. The normalized spacial score (nSPS) is 17.9. The van der Waals surface area contributed by atoms with Crippen molar-refractivity contribution in [2.45, 2.75) is 13.0 Å². The minimum absolute atomic E-state index is 0. The SMILES string of the molecule is Cc1c(NC(=O)C2CNCCO2)cccc1[N+](=O)[O-].Cl. The number of anilines is 1. The van der Waals surface area contributed by atoms with E-state index in [-0.39, 0.29) is 24.0 Å². The zero-order valence-electron chi connectivity index (χ0n) is 10.9. The maximum Gasteiger partial charge on any atom is 0.274 e. The number of benzene rings is 1. The first-order valence-electron chi connectivity index (χ1n) is 5.97. The van der Waals surface area contributed by atoms with Crippen LogP contribution in [-0.4, -0.2) is 36.6 Å². The van der Waals surface area contributed by atoms with Crippen molar-refractivity contribution in [3.63, 3.8) is 0 Å². The molecule has 1 aromatic rings. The van der Waals surface area contributed by atoms with Gasteiger partial charge in [0.1, 0.15) is 6.10 Å². The van der Waals surface area contributed by atoms with Crippen LogP contribution in [-0.2, 0) is 9.53 Å². The summed E-state index contributed by atoms with van der Waals surface area (Å²) in [7, 11) is 0. The monoisotopic (exact) mass is 301 g/mol. The van der Waals surface area contributed by atoms with E-state index in [1.807, 2.05) is 0 Å². The topological polar surface area (TPSA) is 93.5 Å². The van der Waals surface area contributed by atoms with Gasteiger partial charge in [-0.2, -0.15) is 0 Å². The highest BCUT2D eigenvalue weighted by Gasteiger charge is 2.23. The Kier molecular flexibility index (Phi) is 5.87. The lowest BCUT2D eigenvalue weighted by atomic mass is 10.1. The number of nitro benzene ring substituents is 1. The van der Waals surface area contributed by atoms with Gasteiger partial charge in [-0.05, 0) is 13.0 Å². The number of morpholine rings is 1. The largest absolute Gasteiger partial charge is 0.366 e. The first-order valence-corrected chi connectivity index (χ1v) is 5.97. The Labute approximate surface area is 122 Å². The molecular weight excluding hydrogens is 286 g/mol. The summed E-state index contributed by atoms with van der Waals surface area (Å²) in [5.41, 5.74) is 0.860. The maximum absolute atomic E-state index is 12.0. The van der Waals surface area contributed by atoms with Crippen molar-refractivity contribution >= 4 is 29.7 Å². The number of amides is 1. The Morgan fingerprint density at radius 1 is 1.55 bits per heavy atom. The first-order chi connectivity index (χ1) is 9.09. The van der Waals surface area contributed by atoms with Gasteiger partial charge < -0.3 is 15.4 Å². The lowest BCUT2D eigenvalue weighted by molar-refractivity contribution is -0.385. The Hall–Kier alpha value is -1.70. The second kappa shape index (κ2) is 7.18.